The van der Waals surface area contributed by atoms with Crippen LogP contribution in [0.25, 0.3) is 11.6 Å². The van der Waals surface area contributed by atoms with Gasteiger partial charge in [0, 0.05) is 57.0 Å². The van der Waals surface area contributed by atoms with Gasteiger partial charge in [0.25, 0.3) is 5.91 Å². The minimum absolute atomic E-state index is 0.147. The number of halogens is 1. The van der Waals surface area contributed by atoms with E-state index in [0.717, 1.165) is 46.5 Å². The zero-order chi connectivity index (χ0) is 31.3. The van der Waals surface area contributed by atoms with Crippen LogP contribution in [0, 0.1) is 5.41 Å². The maximum absolute atomic E-state index is 13.6. The lowest BCUT2D eigenvalue weighted by molar-refractivity contribution is -0.134. The monoisotopic (exact) mass is 630 g/mol. The minimum Gasteiger partial charge on any atom is -0.449 e. The topological polar surface area (TPSA) is 102 Å². The molecule has 10 nitrogen and oxygen atoms in total. The number of nitrogens with zero attached hydrogens (tertiary/aromatic N) is 5. The fourth-order valence-corrected chi connectivity index (χ4v) is 6.67. The molecule has 1 aliphatic heterocycles. The molecule has 7 rings (SSSR count). The number of piperazine rings is 1. The van der Waals surface area contributed by atoms with Crippen molar-refractivity contribution in [2.24, 2.45) is 12.5 Å². The highest BCUT2D eigenvalue weighted by molar-refractivity contribution is 6.30. The number of nitrogens with one attached hydrogen (secondary N) is 1. The van der Waals surface area contributed by atoms with Crippen LogP contribution in [0.1, 0.15) is 72.8 Å². The molecule has 1 saturated heterocycles. The van der Waals surface area contributed by atoms with Gasteiger partial charge in [0.15, 0.2) is 0 Å². The molecule has 0 bridgehead atoms. The van der Waals surface area contributed by atoms with Crippen LogP contribution in [0.5, 0.6) is 0 Å². The highest BCUT2D eigenvalue weighted by Crippen LogP contribution is 2.46. The van der Waals surface area contributed by atoms with Gasteiger partial charge in [-0.05, 0) is 72.2 Å². The van der Waals surface area contributed by atoms with Crippen LogP contribution in [0.3, 0.4) is 0 Å². The first-order valence-corrected chi connectivity index (χ1v) is 16.0. The number of hydrogen-bond donors (Lipinski definition) is 1. The van der Waals surface area contributed by atoms with Crippen molar-refractivity contribution in [3.05, 3.63) is 82.2 Å². The Morgan fingerprint density at radius 1 is 1.13 bits per heavy atom. The second-order valence-electron chi connectivity index (χ2n) is 13.1. The summed E-state index contributed by atoms with van der Waals surface area (Å²) in [5.74, 6) is -0.147. The first-order valence-electron chi connectivity index (χ1n) is 15.6. The Kier molecular flexibility index (Phi) is 7.70. The summed E-state index contributed by atoms with van der Waals surface area (Å²) in [6.07, 6.45) is 10.8. The van der Waals surface area contributed by atoms with Crippen molar-refractivity contribution in [1.82, 2.24) is 29.7 Å². The van der Waals surface area contributed by atoms with Gasteiger partial charge < -0.3 is 24.3 Å². The number of carbonyl (C=O) groups excluding carboxylic acids is 2. The Morgan fingerprint density at radius 3 is 2.58 bits per heavy atom. The molecule has 0 spiro atoms. The summed E-state index contributed by atoms with van der Waals surface area (Å²) >= 11 is 6.69. The standard InChI is InChI=1S/C34H39ClN6O4/c1-33(8-9-33)20-45-32(43)41-15-13-40(14-16-41)30-24-7-6-23(35)18-25(24)26(17-22-5-4-12-37-28(22)30)29(27-19-36-21-39(27)2)38-31(42)34(44-3)10-11-34/h4-7,12,17-19,21,29-30H,8-11,13-16,20H2,1-3H3,(H,38,42)/t29-,30+/m1/s1. The van der Waals surface area contributed by atoms with Crippen molar-refractivity contribution in [3.8, 4) is 0 Å². The van der Waals surface area contributed by atoms with Gasteiger partial charge in [0.2, 0.25) is 0 Å². The summed E-state index contributed by atoms with van der Waals surface area (Å²) in [4.78, 5) is 40.0. The zero-order valence-corrected chi connectivity index (χ0v) is 26.7. The molecule has 11 heteroatoms. The van der Waals surface area contributed by atoms with E-state index in [1.54, 1.807) is 19.6 Å². The third kappa shape index (κ3) is 5.75. The lowest BCUT2D eigenvalue weighted by Gasteiger charge is -2.39. The Morgan fingerprint density at radius 2 is 1.91 bits per heavy atom. The fourth-order valence-electron chi connectivity index (χ4n) is 6.50. The van der Waals surface area contributed by atoms with E-state index in [-0.39, 0.29) is 23.5 Å². The van der Waals surface area contributed by atoms with Gasteiger partial charge in [-0.3, -0.25) is 14.7 Å². The zero-order valence-electron chi connectivity index (χ0n) is 26.0. The molecule has 3 fully saturated rings. The molecule has 2 aromatic heterocycles. The van der Waals surface area contributed by atoms with E-state index < -0.39 is 11.6 Å². The molecule has 2 saturated carbocycles. The van der Waals surface area contributed by atoms with Gasteiger partial charge in [-0.25, -0.2) is 9.78 Å². The van der Waals surface area contributed by atoms with E-state index in [1.165, 1.54) is 0 Å². The molecule has 2 atom stereocenters. The van der Waals surface area contributed by atoms with Gasteiger partial charge in [-0.15, -0.1) is 0 Å². The lowest BCUT2D eigenvalue weighted by Crippen LogP contribution is -2.50. The Bertz CT molecular complexity index is 1650. The quantitative estimate of drug-likeness (QED) is 0.374. The Hall–Kier alpha value is -3.73. The largest absolute Gasteiger partial charge is 0.449 e. The van der Waals surface area contributed by atoms with Crippen molar-refractivity contribution < 1.29 is 19.1 Å². The summed E-state index contributed by atoms with van der Waals surface area (Å²) < 4.78 is 13.2. The van der Waals surface area contributed by atoms with Crippen LogP contribution in [0.4, 0.5) is 4.79 Å². The van der Waals surface area contributed by atoms with Crippen LogP contribution < -0.4 is 5.32 Å². The molecule has 0 radical (unpaired) electrons. The molecular weight excluding hydrogens is 592 g/mol. The molecule has 45 heavy (non-hydrogen) atoms. The van der Waals surface area contributed by atoms with E-state index in [1.807, 2.05) is 40.9 Å². The molecule has 1 aromatic carbocycles. The summed E-state index contributed by atoms with van der Waals surface area (Å²) in [7, 11) is 3.51. The smallest absolute Gasteiger partial charge is 0.409 e. The number of methoxy groups -OCH3 is 1. The maximum Gasteiger partial charge on any atom is 0.409 e. The van der Waals surface area contributed by atoms with Crippen LogP contribution >= 0.6 is 11.6 Å². The SMILES string of the molecule is COC1(C(=O)N[C@H](C2=Cc3cccnc3[C@@H](N3CCN(C(=O)OCC4(C)CC4)CC3)c3ccc(Cl)cc32)c2cncn2C)CC1. The summed E-state index contributed by atoms with van der Waals surface area (Å²) in [5, 5.41) is 3.91. The van der Waals surface area contributed by atoms with Crippen LogP contribution in [-0.4, -0.2) is 81.8 Å². The van der Waals surface area contributed by atoms with Gasteiger partial charge in [0.05, 0.1) is 42.6 Å². The van der Waals surface area contributed by atoms with Crippen molar-refractivity contribution >= 4 is 35.3 Å². The maximum atomic E-state index is 13.6. The lowest BCUT2D eigenvalue weighted by atomic mass is 9.89. The number of amides is 2. The number of pyridine rings is 1. The van der Waals surface area contributed by atoms with E-state index in [9.17, 15) is 9.59 Å². The second-order valence-corrected chi connectivity index (χ2v) is 13.6. The van der Waals surface area contributed by atoms with Crippen LogP contribution in [0.2, 0.25) is 5.02 Å². The molecule has 4 aliphatic rings. The number of aromatic nitrogens is 3. The van der Waals surface area contributed by atoms with Gasteiger partial charge in [-0.1, -0.05) is 30.7 Å². The van der Waals surface area contributed by atoms with Crippen molar-refractivity contribution in [2.75, 3.05) is 39.9 Å². The van der Waals surface area contributed by atoms with Crippen molar-refractivity contribution in [1.29, 1.82) is 0 Å². The number of hydrogen-bond acceptors (Lipinski definition) is 7. The predicted octanol–water partition coefficient (Wildman–Crippen LogP) is 5.00. The van der Waals surface area contributed by atoms with E-state index in [4.69, 9.17) is 26.1 Å². The predicted molar refractivity (Wildman–Crippen MR) is 170 cm³/mol. The van der Waals surface area contributed by atoms with E-state index >= 15 is 0 Å². The molecule has 236 valence electrons. The van der Waals surface area contributed by atoms with Crippen molar-refractivity contribution in [2.45, 2.75) is 50.3 Å². The summed E-state index contributed by atoms with van der Waals surface area (Å²) in [5.41, 5.74) is 4.91. The fraction of sp³-hybridized carbons (Fsp3) is 0.471. The normalized spacial score (nSPS) is 21.9. The van der Waals surface area contributed by atoms with Gasteiger partial charge >= 0.3 is 6.09 Å². The average Bonchev–Trinajstić information content (AvgIpc) is 3.97. The molecule has 2 amide bonds. The first-order chi connectivity index (χ1) is 21.7. The third-order valence-corrected chi connectivity index (χ3v) is 10.1. The number of ether oxygens (including phenoxy) is 2. The Labute approximate surface area is 268 Å². The minimum atomic E-state index is -0.807. The highest BCUT2D eigenvalue weighted by atomic mass is 35.5. The highest BCUT2D eigenvalue weighted by Gasteiger charge is 2.51. The number of rotatable bonds is 8. The number of fused-ring (bicyclic) bond motifs is 2. The average molecular weight is 631 g/mol. The number of imidazole rings is 1. The third-order valence-electron chi connectivity index (χ3n) is 9.89. The van der Waals surface area contributed by atoms with Crippen LogP contribution in [0.15, 0.2) is 49.1 Å². The van der Waals surface area contributed by atoms with Gasteiger partial charge in [0.1, 0.15) is 5.60 Å². The summed E-state index contributed by atoms with van der Waals surface area (Å²) in [6, 6.07) is 9.23. The molecule has 3 aromatic rings. The van der Waals surface area contributed by atoms with E-state index in [2.05, 4.69) is 40.3 Å². The molecular formula is C34H39ClN6O4. The number of aryl methyl sites for hydroxylation is 1. The van der Waals surface area contributed by atoms with Crippen molar-refractivity contribution in [3.63, 3.8) is 0 Å². The molecule has 1 N–H and O–H groups in total. The number of benzene rings is 1. The first kappa shape index (κ1) is 30.0. The van der Waals surface area contributed by atoms with Crippen LogP contribution in [-0.2, 0) is 21.3 Å². The summed E-state index contributed by atoms with van der Waals surface area (Å²) in [6.45, 7) is 5.07. The Balaban J connectivity index is 1.25. The molecule has 0 unspecified atom stereocenters. The van der Waals surface area contributed by atoms with Gasteiger partial charge in [-0.2, -0.15) is 0 Å². The van der Waals surface area contributed by atoms with E-state index in [0.29, 0.717) is 50.7 Å². The molecule has 3 heterocycles. The second kappa shape index (κ2) is 11.6. The number of carbonyl (C=O) groups is 2. The molecule has 3 aliphatic carbocycles.